The van der Waals surface area contributed by atoms with Crippen molar-refractivity contribution in [1.29, 1.82) is 0 Å². The van der Waals surface area contributed by atoms with Gasteiger partial charge in [-0.1, -0.05) is 121 Å². The molecule has 0 spiro atoms. The largest absolute Gasteiger partial charge is 0.311 e. The smallest absolute Gasteiger partial charge is 0.0462 e. The topological polar surface area (TPSA) is 6.48 Å². The lowest BCUT2D eigenvalue weighted by atomic mass is 10.0. The fourth-order valence-electron chi connectivity index (χ4n) is 6.37. The zero-order valence-electron chi connectivity index (χ0n) is 29.7. The SMILES string of the molecule is C(#Cc1ccc(N(c2ccccc2)c2ccccc2)cc1)c1ccc(-c2ccc(C#Cc3ccc(N(c4ccccc4)c4ccccc4)cc3)cc2)cc1. The summed E-state index contributed by atoms with van der Waals surface area (Å²) in [6.07, 6.45) is 0. The Hall–Kier alpha value is -7.52. The molecule has 54 heavy (non-hydrogen) atoms. The monoisotopic (exact) mass is 688 g/mol. The van der Waals surface area contributed by atoms with E-state index in [2.05, 4.69) is 228 Å². The molecule has 0 radical (unpaired) electrons. The van der Waals surface area contributed by atoms with Crippen molar-refractivity contribution in [3.63, 3.8) is 0 Å². The first-order valence-electron chi connectivity index (χ1n) is 18.0. The predicted molar refractivity (Wildman–Crippen MR) is 226 cm³/mol. The van der Waals surface area contributed by atoms with Crippen LogP contribution >= 0.6 is 0 Å². The third-order valence-corrected chi connectivity index (χ3v) is 9.11. The zero-order valence-corrected chi connectivity index (χ0v) is 29.7. The summed E-state index contributed by atoms with van der Waals surface area (Å²) < 4.78 is 0. The Kier molecular flexibility index (Phi) is 10.1. The maximum atomic E-state index is 3.34. The molecule has 8 aromatic rings. The standard InChI is InChI=1S/C52H36N2/c1-5-13-47(14-6-1)53(48-15-7-2-8-16-48)51-37-29-43(30-38-51)23-21-41-25-33-45(34-26-41)46-35-27-42(28-36-46)22-24-44-31-39-52(40-32-44)54(49-17-9-3-10-18-49)50-19-11-4-12-20-50/h1-20,25-40H. The molecule has 0 aliphatic carbocycles. The molecule has 0 unspecified atom stereocenters. The highest BCUT2D eigenvalue weighted by molar-refractivity contribution is 5.78. The molecule has 0 saturated heterocycles. The second kappa shape index (κ2) is 16.2. The van der Waals surface area contributed by atoms with Gasteiger partial charge in [0.25, 0.3) is 0 Å². The van der Waals surface area contributed by atoms with Gasteiger partial charge in [-0.2, -0.15) is 0 Å². The molecule has 2 heteroatoms. The average Bonchev–Trinajstić information content (AvgIpc) is 3.25. The molecule has 0 N–H and O–H groups in total. The molecule has 0 aliphatic heterocycles. The van der Waals surface area contributed by atoms with Gasteiger partial charge in [-0.15, -0.1) is 0 Å². The van der Waals surface area contributed by atoms with E-state index in [1.165, 1.54) is 0 Å². The second-order valence-electron chi connectivity index (χ2n) is 12.8. The van der Waals surface area contributed by atoms with Crippen molar-refractivity contribution in [2.45, 2.75) is 0 Å². The lowest BCUT2D eigenvalue weighted by Crippen LogP contribution is -2.09. The van der Waals surface area contributed by atoms with Gasteiger partial charge in [0.15, 0.2) is 0 Å². The molecule has 0 amide bonds. The average molecular weight is 689 g/mol. The quantitative estimate of drug-likeness (QED) is 0.154. The predicted octanol–water partition coefficient (Wildman–Crippen LogP) is 13.1. The summed E-state index contributed by atoms with van der Waals surface area (Å²) in [6.45, 7) is 0. The summed E-state index contributed by atoms with van der Waals surface area (Å²) in [7, 11) is 0. The van der Waals surface area contributed by atoms with Gasteiger partial charge < -0.3 is 9.80 Å². The Morgan fingerprint density at radius 1 is 0.204 bits per heavy atom. The minimum Gasteiger partial charge on any atom is -0.311 e. The van der Waals surface area contributed by atoms with Gasteiger partial charge >= 0.3 is 0 Å². The molecule has 0 bridgehead atoms. The maximum absolute atomic E-state index is 3.34. The van der Waals surface area contributed by atoms with E-state index in [0.717, 1.165) is 67.5 Å². The van der Waals surface area contributed by atoms with Crippen LogP contribution in [-0.4, -0.2) is 0 Å². The first-order valence-corrected chi connectivity index (χ1v) is 18.0. The number of anilines is 6. The number of benzene rings is 8. The number of hydrogen-bond donors (Lipinski definition) is 0. The second-order valence-corrected chi connectivity index (χ2v) is 12.8. The van der Waals surface area contributed by atoms with Crippen LogP contribution in [0.5, 0.6) is 0 Å². The summed E-state index contributed by atoms with van der Waals surface area (Å²) in [6, 6.07) is 75.4. The Bertz CT molecular complexity index is 2280. The third-order valence-electron chi connectivity index (χ3n) is 9.11. The van der Waals surface area contributed by atoms with Crippen LogP contribution in [0.1, 0.15) is 22.3 Å². The molecule has 254 valence electrons. The minimum atomic E-state index is 0.970. The van der Waals surface area contributed by atoms with Crippen LogP contribution in [0.4, 0.5) is 34.1 Å². The maximum Gasteiger partial charge on any atom is 0.0462 e. The third kappa shape index (κ3) is 8.01. The van der Waals surface area contributed by atoms with Crippen molar-refractivity contribution in [3.8, 4) is 34.8 Å². The number of para-hydroxylation sites is 4. The summed E-state index contributed by atoms with van der Waals surface area (Å²) in [5, 5.41) is 0. The zero-order chi connectivity index (χ0) is 36.4. The van der Waals surface area contributed by atoms with E-state index in [9.17, 15) is 0 Å². The Labute approximate surface area is 318 Å². The van der Waals surface area contributed by atoms with Crippen LogP contribution in [0.3, 0.4) is 0 Å². The fourth-order valence-corrected chi connectivity index (χ4v) is 6.37. The van der Waals surface area contributed by atoms with E-state index in [0.29, 0.717) is 0 Å². The van der Waals surface area contributed by atoms with E-state index in [1.54, 1.807) is 0 Å². The first-order chi connectivity index (χ1) is 26.8. The molecular weight excluding hydrogens is 653 g/mol. The molecule has 2 nitrogen and oxygen atoms in total. The molecule has 0 fully saturated rings. The number of rotatable bonds is 7. The van der Waals surface area contributed by atoms with E-state index in [4.69, 9.17) is 0 Å². The summed E-state index contributed by atoms with van der Waals surface area (Å²) in [5.41, 5.74) is 12.8. The van der Waals surface area contributed by atoms with Gasteiger partial charge in [0.1, 0.15) is 0 Å². The van der Waals surface area contributed by atoms with Crippen LogP contribution in [0, 0.1) is 23.7 Å². The van der Waals surface area contributed by atoms with Crippen LogP contribution in [-0.2, 0) is 0 Å². The van der Waals surface area contributed by atoms with Crippen LogP contribution in [0.25, 0.3) is 11.1 Å². The van der Waals surface area contributed by atoms with Crippen molar-refractivity contribution < 1.29 is 0 Å². The van der Waals surface area contributed by atoms with Crippen molar-refractivity contribution in [3.05, 3.63) is 241 Å². The highest BCUT2D eigenvalue weighted by Gasteiger charge is 2.12. The van der Waals surface area contributed by atoms with Gasteiger partial charge in [-0.05, 0) is 132 Å². The van der Waals surface area contributed by atoms with Crippen LogP contribution in [0.2, 0.25) is 0 Å². The van der Waals surface area contributed by atoms with Crippen molar-refractivity contribution in [2.75, 3.05) is 9.80 Å². The van der Waals surface area contributed by atoms with E-state index >= 15 is 0 Å². The fraction of sp³-hybridized carbons (Fsp3) is 0. The van der Waals surface area contributed by atoms with Crippen molar-refractivity contribution in [2.24, 2.45) is 0 Å². The Morgan fingerprint density at radius 3 is 0.648 bits per heavy atom. The van der Waals surface area contributed by atoms with Gasteiger partial charge in [0, 0.05) is 56.4 Å². The van der Waals surface area contributed by atoms with Crippen molar-refractivity contribution in [1.82, 2.24) is 0 Å². The molecule has 0 heterocycles. The van der Waals surface area contributed by atoms with E-state index in [-0.39, 0.29) is 0 Å². The summed E-state index contributed by atoms with van der Waals surface area (Å²) in [5.74, 6) is 13.3. The van der Waals surface area contributed by atoms with Crippen LogP contribution in [0.15, 0.2) is 218 Å². The van der Waals surface area contributed by atoms with Crippen molar-refractivity contribution >= 4 is 34.1 Å². The van der Waals surface area contributed by atoms with Gasteiger partial charge in [-0.25, -0.2) is 0 Å². The molecule has 0 aliphatic rings. The minimum absolute atomic E-state index is 0.970. The summed E-state index contributed by atoms with van der Waals surface area (Å²) >= 11 is 0. The molecule has 0 saturated carbocycles. The molecule has 8 aromatic carbocycles. The van der Waals surface area contributed by atoms with Crippen LogP contribution < -0.4 is 9.80 Å². The highest BCUT2D eigenvalue weighted by Crippen LogP contribution is 2.35. The number of nitrogens with zero attached hydrogens (tertiary/aromatic N) is 2. The molecule has 0 atom stereocenters. The lowest BCUT2D eigenvalue weighted by Gasteiger charge is -2.25. The molecular formula is C52H36N2. The summed E-state index contributed by atoms with van der Waals surface area (Å²) in [4.78, 5) is 4.50. The van der Waals surface area contributed by atoms with Gasteiger partial charge in [-0.3, -0.25) is 0 Å². The first kappa shape index (κ1) is 33.6. The molecule has 0 aromatic heterocycles. The lowest BCUT2D eigenvalue weighted by molar-refractivity contribution is 1.28. The molecule has 8 rings (SSSR count). The Morgan fingerprint density at radius 2 is 0.407 bits per heavy atom. The van der Waals surface area contributed by atoms with Gasteiger partial charge in [0.05, 0.1) is 0 Å². The van der Waals surface area contributed by atoms with E-state index < -0.39 is 0 Å². The normalized spacial score (nSPS) is 10.3. The van der Waals surface area contributed by atoms with E-state index in [1.807, 2.05) is 24.3 Å². The number of hydrogen-bond acceptors (Lipinski definition) is 2. The Balaban J connectivity index is 0.920. The highest BCUT2D eigenvalue weighted by atomic mass is 15.1. The van der Waals surface area contributed by atoms with Gasteiger partial charge in [0.2, 0.25) is 0 Å².